The summed E-state index contributed by atoms with van der Waals surface area (Å²) in [7, 11) is 0. The Morgan fingerprint density at radius 1 is 1.60 bits per heavy atom. The van der Waals surface area contributed by atoms with Crippen LogP contribution in [0.25, 0.3) is 0 Å². The summed E-state index contributed by atoms with van der Waals surface area (Å²) in [5, 5.41) is 0. The van der Waals surface area contributed by atoms with Crippen molar-refractivity contribution < 1.29 is 25.8 Å². The van der Waals surface area contributed by atoms with Crippen LogP contribution in [0, 0.1) is 0 Å². The number of hydrogen-bond acceptors (Lipinski definition) is 2. The molecule has 0 N–H and O–H groups in total. The van der Waals surface area contributed by atoms with Gasteiger partial charge in [-0.15, -0.1) is 0 Å². The van der Waals surface area contributed by atoms with Gasteiger partial charge < -0.3 is 0 Å². The number of halogens is 4. The van der Waals surface area contributed by atoms with Crippen LogP contribution in [0.2, 0.25) is 0 Å². The first kappa shape index (κ1) is 11.7. The second kappa shape index (κ2) is 5.36. The monoisotopic (exact) mass is 366 g/mol. The summed E-state index contributed by atoms with van der Waals surface area (Å²) in [5.41, 5.74) is 0. The number of rotatable bonds is 2. The summed E-state index contributed by atoms with van der Waals surface area (Å²) < 4.78 is 3.68. The zero-order chi connectivity index (χ0) is 8.20. The summed E-state index contributed by atoms with van der Waals surface area (Å²) in [4.78, 5) is 10.6. The molecule has 0 rings (SSSR count). The van der Waals surface area contributed by atoms with Crippen molar-refractivity contribution in [2.45, 2.75) is 3.79 Å². The zero-order valence-corrected chi connectivity index (χ0v) is 12.1. The Balaban J connectivity index is 3.64. The summed E-state index contributed by atoms with van der Waals surface area (Å²) in [5.74, 6) is -0.742. The first-order chi connectivity index (χ1) is 4.48. The van der Waals surface area contributed by atoms with E-state index < -0.39 is 27.2 Å². The molecule has 7 heteroatoms. The predicted octanol–water partition coefficient (Wildman–Crippen LogP) is 2.29. The molecule has 0 saturated carbocycles. The van der Waals surface area contributed by atoms with Crippen molar-refractivity contribution in [1.82, 2.24) is 0 Å². The number of hydrogen-bond donors (Lipinski definition) is 0. The summed E-state index contributed by atoms with van der Waals surface area (Å²) in [6.45, 7) is 0. The molecule has 0 heterocycles. The Morgan fingerprint density at radius 3 is 2.40 bits per heavy atom. The van der Waals surface area contributed by atoms with Crippen molar-refractivity contribution in [3.8, 4) is 0 Å². The van der Waals surface area contributed by atoms with E-state index in [4.69, 9.17) is 38.4 Å². The summed E-state index contributed by atoms with van der Waals surface area (Å²) in [6, 6.07) is 0. The minimum atomic E-state index is -1.89. The topological polar surface area (TPSA) is 26.3 Å². The van der Waals surface area contributed by atoms with E-state index >= 15 is 0 Å². The van der Waals surface area contributed by atoms with Crippen LogP contribution in [-0.2, 0) is 25.8 Å². The van der Waals surface area contributed by atoms with E-state index in [9.17, 15) is 4.79 Å². The van der Waals surface area contributed by atoms with Crippen LogP contribution in [0.1, 0.15) is 0 Å². The van der Waals surface area contributed by atoms with Gasteiger partial charge in [-0.2, -0.15) is 0 Å². The molecule has 0 fully saturated rings. The minimum absolute atomic E-state index is 0.742. The number of alkyl halides is 4. The van der Waals surface area contributed by atoms with E-state index in [1.54, 1.807) is 0 Å². The van der Waals surface area contributed by atoms with Gasteiger partial charge in [-0.1, -0.05) is 0 Å². The average Bonchev–Trinajstić information content (AvgIpc) is 1.80. The van der Waals surface area contributed by atoms with Gasteiger partial charge in [-0.3, -0.25) is 0 Å². The van der Waals surface area contributed by atoms with Gasteiger partial charge in [0.25, 0.3) is 0 Å². The maximum atomic E-state index is 10.6. The molecule has 0 amide bonds. The van der Waals surface area contributed by atoms with Crippen LogP contribution in [0.3, 0.4) is 0 Å². The predicted molar refractivity (Wildman–Crippen MR) is 45.3 cm³/mol. The molecule has 0 unspecified atom stereocenters. The van der Waals surface area contributed by atoms with Crippen molar-refractivity contribution in [3.05, 3.63) is 0 Å². The van der Waals surface area contributed by atoms with Crippen molar-refractivity contribution in [1.29, 1.82) is 0 Å². The van der Waals surface area contributed by atoms with E-state index in [-0.39, 0.29) is 0 Å². The first-order valence-corrected chi connectivity index (χ1v) is 8.25. The molecule has 0 aromatic carbocycles. The van der Waals surface area contributed by atoms with Gasteiger partial charge in [0.1, 0.15) is 0 Å². The van der Waals surface area contributed by atoms with Gasteiger partial charge >= 0.3 is 96.0 Å². The second-order valence-electron chi connectivity index (χ2n) is 1.32. The van der Waals surface area contributed by atoms with Crippen LogP contribution < -0.4 is 0 Å². The SMILES string of the molecule is O=C([O][Zn][CH2]I)C(Cl)(Cl)Cl. The second-order valence-corrected chi connectivity index (χ2v) is 11.5. The molecule has 0 radical (unpaired) electrons. The van der Waals surface area contributed by atoms with Crippen molar-refractivity contribution in [3.63, 3.8) is 0 Å². The van der Waals surface area contributed by atoms with Crippen LogP contribution >= 0.6 is 57.4 Å². The Kier molecular flexibility index (Phi) is 6.27. The normalized spacial score (nSPS) is 10.4. The van der Waals surface area contributed by atoms with E-state index in [1.807, 2.05) is 0 Å². The van der Waals surface area contributed by atoms with Gasteiger partial charge in [0.2, 0.25) is 0 Å². The van der Waals surface area contributed by atoms with Crippen LogP contribution in [0.5, 0.6) is 0 Å². The van der Waals surface area contributed by atoms with Gasteiger partial charge in [0.05, 0.1) is 0 Å². The van der Waals surface area contributed by atoms with E-state index in [0.29, 0.717) is 0 Å². The van der Waals surface area contributed by atoms with Crippen LogP contribution in [-0.4, -0.2) is 12.8 Å². The Bertz CT molecular complexity index is 125. The Hall–Kier alpha value is 1.69. The molecule has 0 aliphatic carbocycles. The van der Waals surface area contributed by atoms with E-state index in [0.717, 1.165) is 3.02 Å². The molecule has 0 aliphatic rings. The standard InChI is InChI=1S/C2HCl3O2.CH2I.Zn/c3-2(4,5)1(6)7;1-2;/h(H,6,7);1H2;/q;;+1/p-1. The molecule has 0 saturated heterocycles. The van der Waals surface area contributed by atoms with Crippen molar-refractivity contribution >= 4 is 63.4 Å². The van der Waals surface area contributed by atoms with Crippen LogP contribution in [0.4, 0.5) is 0 Å². The van der Waals surface area contributed by atoms with Gasteiger partial charge in [-0.05, 0) is 0 Å². The molecule has 0 aromatic heterocycles. The quantitative estimate of drug-likeness (QED) is 0.425. The molecular weight excluding hydrogens is 367 g/mol. The van der Waals surface area contributed by atoms with Crippen molar-refractivity contribution in [2.75, 3.05) is 3.02 Å². The molecule has 56 valence electrons. The molecule has 0 spiro atoms. The maximum absolute atomic E-state index is 10.6. The fourth-order valence-electron chi connectivity index (χ4n) is 0.213. The molecule has 0 aliphatic heterocycles. The molecule has 0 atom stereocenters. The average molecular weight is 369 g/mol. The van der Waals surface area contributed by atoms with Crippen molar-refractivity contribution in [2.24, 2.45) is 0 Å². The fraction of sp³-hybridized carbons (Fsp3) is 0.667. The third-order valence-electron chi connectivity index (χ3n) is 0.542. The Morgan fingerprint density at radius 2 is 2.10 bits per heavy atom. The van der Waals surface area contributed by atoms with Gasteiger partial charge in [0, 0.05) is 0 Å². The van der Waals surface area contributed by atoms with Gasteiger partial charge in [-0.25, -0.2) is 0 Å². The van der Waals surface area contributed by atoms with E-state index in [1.165, 1.54) is 0 Å². The molecular formula is C3H2Cl3IO2Zn. The third-order valence-corrected chi connectivity index (χ3v) is 4.60. The molecule has 10 heavy (non-hydrogen) atoms. The molecule has 0 aromatic rings. The van der Waals surface area contributed by atoms with E-state index in [2.05, 4.69) is 22.6 Å². The zero-order valence-electron chi connectivity index (χ0n) is 4.74. The fourth-order valence-corrected chi connectivity index (χ4v) is 3.10. The van der Waals surface area contributed by atoms with Gasteiger partial charge in [0.15, 0.2) is 0 Å². The Labute approximate surface area is 95.0 Å². The third kappa shape index (κ3) is 5.36. The molecule has 0 bridgehead atoms. The first-order valence-electron chi connectivity index (χ1n) is 2.28. The number of carbonyl (C=O) groups excluding carboxylic acids is 1. The van der Waals surface area contributed by atoms with Crippen LogP contribution in [0.15, 0.2) is 0 Å². The molecule has 2 nitrogen and oxygen atoms in total. The summed E-state index contributed by atoms with van der Waals surface area (Å²) >= 11 is 16.5. The number of carbonyl (C=O) groups is 1. The summed E-state index contributed by atoms with van der Waals surface area (Å²) in [6.07, 6.45) is 0.